The third-order valence-corrected chi connectivity index (χ3v) is 6.30. The summed E-state index contributed by atoms with van der Waals surface area (Å²) in [6, 6.07) is 14.9. The van der Waals surface area contributed by atoms with E-state index in [-0.39, 0.29) is 5.91 Å². The molecule has 2 aromatic heterocycles. The summed E-state index contributed by atoms with van der Waals surface area (Å²) < 4.78 is 44.7. The first kappa shape index (κ1) is 22.9. The number of carbonyl (C=O) groups is 1. The number of nitrogens with zero attached hydrogens (tertiary/aromatic N) is 4. The summed E-state index contributed by atoms with van der Waals surface area (Å²) in [4.78, 5) is 21.7. The molecule has 5 rings (SSSR count). The van der Waals surface area contributed by atoms with Crippen LogP contribution in [0.2, 0.25) is 0 Å². The maximum Gasteiger partial charge on any atom is 0.416 e. The second kappa shape index (κ2) is 8.72. The first-order chi connectivity index (χ1) is 16.7. The van der Waals surface area contributed by atoms with Gasteiger partial charge in [-0.1, -0.05) is 41.1 Å². The predicted octanol–water partition coefficient (Wildman–Crippen LogP) is 5.49. The van der Waals surface area contributed by atoms with E-state index < -0.39 is 11.7 Å². The number of carbonyl (C=O) groups excluding carboxylic acids is 1. The Bertz CT molecular complexity index is 1390. The topological polar surface area (TPSA) is 62.5 Å². The fourth-order valence-corrected chi connectivity index (χ4v) is 4.35. The van der Waals surface area contributed by atoms with Crippen molar-refractivity contribution in [2.45, 2.75) is 20.0 Å². The molecular weight excluding hydrogens is 457 g/mol. The number of alkyl halides is 3. The molecule has 35 heavy (non-hydrogen) atoms. The van der Waals surface area contributed by atoms with E-state index in [9.17, 15) is 18.0 Å². The number of aromatic nitrogens is 2. The molecule has 0 radical (unpaired) electrons. The zero-order chi connectivity index (χ0) is 24.7. The molecule has 1 fully saturated rings. The molecule has 1 aliphatic rings. The molecule has 1 amide bonds. The highest BCUT2D eigenvalue weighted by Crippen LogP contribution is 2.32. The number of piperazine rings is 1. The quantitative estimate of drug-likeness (QED) is 0.388. The van der Waals surface area contributed by atoms with Crippen molar-refractivity contribution < 1.29 is 22.5 Å². The molecule has 0 spiro atoms. The van der Waals surface area contributed by atoms with Gasteiger partial charge in [0.05, 0.1) is 27.9 Å². The van der Waals surface area contributed by atoms with E-state index in [0.29, 0.717) is 59.9 Å². The van der Waals surface area contributed by atoms with E-state index in [0.717, 1.165) is 23.3 Å². The lowest BCUT2D eigenvalue weighted by Crippen LogP contribution is -2.48. The normalized spacial score (nSPS) is 14.5. The van der Waals surface area contributed by atoms with E-state index in [1.54, 1.807) is 24.0 Å². The lowest BCUT2D eigenvalue weighted by molar-refractivity contribution is -0.137. The third-order valence-electron chi connectivity index (χ3n) is 6.30. The van der Waals surface area contributed by atoms with E-state index in [4.69, 9.17) is 4.52 Å². The van der Waals surface area contributed by atoms with Crippen molar-refractivity contribution in [2.75, 3.05) is 31.1 Å². The van der Waals surface area contributed by atoms with Crippen LogP contribution < -0.4 is 4.90 Å². The number of halogens is 3. The Morgan fingerprint density at radius 1 is 0.971 bits per heavy atom. The molecule has 4 aromatic rings. The zero-order valence-electron chi connectivity index (χ0n) is 19.3. The molecule has 0 saturated carbocycles. The molecule has 180 valence electrons. The number of hydrogen-bond donors (Lipinski definition) is 0. The van der Waals surface area contributed by atoms with Gasteiger partial charge in [0.15, 0.2) is 0 Å². The number of aryl methyl sites for hydroxylation is 2. The molecule has 2 aromatic carbocycles. The van der Waals surface area contributed by atoms with Crippen molar-refractivity contribution >= 4 is 22.7 Å². The predicted molar refractivity (Wildman–Crippen MR) is 126 cm³/mol. The maximum atomic E-state index is 13.6. The standard InChI is InChI=1S/C26H23F3N4O2/c1-16-6-8-18(9-7-16)22-15-21(23-17(2)31-35-24(23)30-22)25(34)33-12-10-32(11-13-33)20-5-3-4-19(14-20)26(27,28)29/h3-9,14-15H,10-13H2,1-2H3. The van der Waals surface area contributed by atoms with Gasteiger partial charge in [0.25, 0.3) is 11.6 Å². The summed E-state index contributed by atoms with van der Waals surface area (Å²) in [7, 11) is 0. The van der Waals surface area contributed by atoms with Crippen molar-refractivity contribution in [1.82, 2.24) is 15.0 Å². The average Bonchev–Trinajstić information content (AvgIpc) is 3.24. The molecule has 1 saturated heterocycles. The molecule has 0 bridgehead atoms. The number of hydrogen-bond acceptors (Lipinski definition) is 5. The fourth-order valence-electron chi connectivity index (χ4n) is 4.35. The molecule has 0 N–H and O–H groups in total. The SMILES string of the molecule is Cc1ccc(-c2cc(C(=O)N3CCN(c4cccc(C(F)(F)F)c4)CC3)c3c(C)noc3n2)cc1. The van der Waals surface area contributed by atoms with Crippen molar-refractivity contribution in [2.24, 2.45) is 0 Å². The highest BCUT2D eigenvalue weighted by Gasteiger charge is 2.32. The smallest absolute Gasteiger partial charge is 0.368 e. The summed E-state index contributed by atoms with van der Waals surface area (Å²) >= 11 is 0. The van der Waals surface area contributed by atoms with Crippen LogP contribution in [-0.4, -0.2) is 47.1 Å². The minimum Gasteiger partial charge on any atom is -0.368 e. The largest absolute Gasteiger partial charge is 0.416 e. The van der Waals surface area contributed by atoms with Crippen LogP contribution in [0.1, 0.15) is 27.2 Å². The number of fused-ring (bicyclic) bond motifs is 1. The Kier molecular flexibility index (Phi) is 5.70. The van der Waals surface area contributed by atoms with Gasteiger partial charge in [0, 0.05) is 37.4 Å². The number of benzene rings is 2. The Labute approximate surface area is 200 Å². The number of pyridine rings is 1. The van der Waals surface area contributed by atoms with Crippen molar-refractivity contribution in [3.63, 3.8) is 0 Å². The summed E-state index contributed by atoms with van der Waals surface area (Å²) in [5.41, 5.74) is 3.72. The Morgan fingerprint density at radius 3 is 2.37 bits per heavy atom. The molecule has 9 heteroatoms. The van der Waals surface area contributed by atoms with E-state index in [2.05, 4.69) is 10.1 Å². The van der Waals surface area contributed by atoms with Crippen LogP contribution in [0.15, 0.2) is 59.1 Å². The molecule has 0 aliphatic carbocycles. The van der Waals surface area contributed by atoms with Crippen LogP contribution in [0.25, 0.3) is 22.4 Å². The Balaban J connectivity index is 1.40. The number of amides is 1. The monoisotopic (exact) mass is 480 g/mol. The van der Waals surface area contributed by atoms with Crippen LogP contribution in [0.3, 0.4) is 0 Å². The molecule has 0 atom stereocenters. The summed E-state index contributed by atoms with van der Waals surface area (Å²) in [6.45, 7) is 5.37. The molecular formula is C26H23F3N4O2. The van der Waals surface area contributed by atoms with Gasteiger partial charge in [0.1, 0.15) is 0 Å². The lowest BCUT2D eigenvalue weighted by Gasteiger charge is -2.36. The van der Waals surface area contributed by atoms with Gasteiger partial charge in [-0.25, -0.2) is 4.98 Å². The first-order valence-corrected chi connectivity index (χ1v) is 11.3. The average molecular weight is 480 g/mol. The summed E-state index contributed by atoms with van der Waals surface area (Å²) in [5.74, 6) is -0.180. The van der Waals surface area contributed by atoms with Crippen LogP contribution in [-0.2, 0) is 6.18 Å². The van der Waals surface area contributed by atoms with E-state index in [1.165, 1.54) is 6.07 Å². The molecule has 3 heterocycles. The highest BCUT2D eigenvalue weighted by atomic mass is 19.4. The molecule has 6 nitrogen and oxygen atoms in total. The van der Waals surface area contributed by atoms with Gasteiger partial charge in [0.2, 0.25) is 0 Å². The highest BCUT2D eigenvalue weighted by molar-refractivity contribution is 6.07. The van der Waals surface area contributed by atoms with Gasteiger partial charge in [-0.05, 0) is 38.1 Å². The van der Waals surface area contributed by atoms with Crippen LogP contribution in [0, 0.1) is 13.8 Å². The van der Waals surface area contributed by atoms with Crippen LogP contribution in [0.4, 0.5) is 18.9 Å². The van der Waals surface area contributed by atoms with Crippen LogP contribution in [0.5, 0.6) is 0 Å². The summed E-state index contributed by atoms with van der Waals surface area (Å²) in [5, 5.41) is 4.58. The molecule has 0 unspecified atom stereocenters. The second-order valence-electron chi connectivity index (χ2n) is 8.70. The minimum atomic E-state index is -4.40. The van der Waals surface area contributed by atoms with Crippen molar-refractivity contribution in [3.05, 3.63) is 77.0 Å². The first-order valence-electron chi connectivity index (χ1n) is 11.3. The Hall–Kier alpha value is -3.88. The zero-order valence-corrected chi connectivity index (χ0v) is 19.3. The van der Waals surface area contributed by atoms with Gasteiger partial charge < -0.3 is 14.3 Å². The van der Waals surface area contributed by atoms with Gasteiger partial charge in [-0.2, -0.15) is 13.2 Å². The van der Waals surface area contributed by atoms with E-state index in [1.807, 2.05) is 36.1 Å². The summed E-state index contributed by atoms with van der Waals surface area (Å²) in [6.07, 6.45) is -4.40. The lowest BCUT2D eigenvalue weighted by atomic mass is 10.0. The fraction of sp³-hybridized carbons (Fsp3) is 0.269. The maximum absolute atomic E-state index is 13.6. The van der Waals surface area contributed by atoms with Gasteiger partial charge in [-0.3, -0.25) is 4.79 Å². The van der Waals surface area contributed by atoms with Crippen molar-refractivity contribution in [3.8, 4) is 11.3 Å². The minimum absolute atomic E-state index is 0.180. The van der Waals surface area contributed by atoms with Crippen LogP contribution >= 0.6 is 0 Å². The van der Waals surface area contributed by atoms with Gasteiger partial charge >= 0.3 is 6.18 Å². The molecule has 1 aliphatic heterocycles. The Morgan fingerprint density at radius 2 is 1.69 bits per heavy atom. The third kappa shape index (κ3) is 4.45. The van der Waals surface area contributed by atoms with Crippen molar-refractivity contribution in [1.29, 1.82) is 0 Å². The second-order valence-corrected chi connectivity index (χ2v) is 8.70. The number of anilines is 1. The van der Waals surface area contributed by atoms with Gasteiger partial charge in [-0.15, -0.1) is 0 Å². The number of rotatable bonds is 3. The van der Waals surface area contributed by atoms with E-state index >= 15 is 0 Å².